The second-order valence-electron chi connectivity index (χ2n) is 7.23. The molecule has 1 N–H and O–H groups in total. The standard InChI is InChI=1S/C21H23F3O2/c1-14-18(20(2,3)12-11-19(14)26)10-9-17(25)8-7-15-5-4-6-16(13-15)21(22,23)24/h4-10,13,19,26H,11-12H2,1-3H3. The smallest absolute Gasteiger partial charge is 0.389 e. The van der Waals surface area contributed by atoms with Crippen LogP contribution in [-0.2, 0) is 11.0 Å². The van der Waals surface area contributed by atoms with Crippen molar-refractivity contribution in [2.45, 2.75) is 45.9 Å². The lowest BCUT2D eigenvalue weighted by Crippen LogP contribution is -2.27. The Morgan fingerprint density at radius 3 is 2.54 bits per heavy atom. The first-order valence-corrected chi connectivity index (χ1v) is 8.47. The van der Waals surface area contributed by atoms with E-state index in [2.05, 4.69) is 13.8 Å². The van der Waals surface area contributed by atoms with E-state index in [1.165, 1.54) is 30.4 Å². The topological polar surface area (TPSA) is 37.3 Å². The van der Waals surface area contributed by atoms with Crippen LogP contribution in [-0.4, -0.2) is 17.0 Å². The van der Waals surface area contributed by atoms with Crippen LogP contribution in [0.2, 0.25) is 0 Å². The zero-order valence-corrected chi connectivity index (χ0v) is 15.1. The third-order valence-electron chi connectivity index (χ3n) is 4.76. The van der Waals surface area contributed by atoms with E-state index in [0.29, 0.717) is 12.0 Å². The Hall–Kier alpha value is -2.14. The quantitative estimate of drug-likeness (QED) is 0.732. The van der Waals surface area contributed by atoms with Crippen molar-refractivity contribution in [3.8, 4) is 0 Å². The van der Waals surface area contributed by atoms with E-state index in [-0.39, 0.29) is 11.2 Å². The van der Waals surface area contributed by atoms with E-state index in [0.717, 1.165) is 29.7 Å². The minimum Gasteiger partial charge on any atom is -0.389 e. The predicted octanol–water partition coefficient (Wildman–Crippen LogP) is 5.34. The van der Waals surface area contributed by atoms with Gasteiger partial charge in [-0.2, -0.15) is 13.2 Å². The van der Waals surface area contributed by atoms with Crippen molar-refractivity contribution in [1.82, 2.24) is 0 Å². The van der Waals surface area contributed by atoms with E-state index in [1.807, 2.05) is 6.92 Å². The molecule has 0 aliphatic heterocycles. The van der Waals surface area contributed by atoms with Gasteiger partial charge < -0.3 is 5.11 Å². The summed E-state index contributed by atoms with van der Waals surface area (Å²) in [5.74, 6) is -0.321. The molecule has 140 valence electrons. The Morgan fingerprint density at radius 2 is 1.88 bits per heavy atom. The second-order valence-corrected chi connectivity index (χ2v) is 7.23. The molecule has 26 heavy (non-hydrogen) atoms. The van der Waals surface area contributed by atoms with Crippen molar-refractivity contribution in [3.63, 3.8) is 0 Å². The predicted molar refractivity (Wildman–Crippen MR) is 96.3 cm³/mol. The summed E-state index contributed by atoms with van der Waals surface area (Å²) in [5.41, 5.74) is 1.21. The van der Waals surface area contributed by atoms with Gasteiger partial charge in [0.1, 0.15) is 0 Å². The van der Waals surface area contributed by atoms with Gasteiger partial charge in [-0.25, -0.2) is 0 Å². The lowest BCUT2D eigenvalue weighted by Gasteiger charge is -2.35. The first-order valence-electron chi connectivity index (χ1n) is 8.47. The average Bonchev–Trinajstić information content (AvgIpc) is 2.56. The van der Waals surface area contributed by atoms with Crippen molar-refractivity contribution < 1.29 is 23.1 Å². The van der Waals surface area contributed by atoms with Gasteiger partial charge in [0, 0.05) is 0 Å². The van der Waals surface area contributed by atoms with Crippen LogP contribution in [0.25, 0.3) is 6.08 Å². The number of hydrogen-bond donors (Lipinski definition) is 1. The number of ketones is 1. The van der Waals surface area contributed by atoms with Gasteiger partial charge in [-0.1, -0.05) is 38.1 Å². The minimum atomic E-state index is -4.41. The maximum Gasteiger partial charge on any atom is 0.416 e. The molecule has 2 rings (SSSR count). The van der Waals surface area contributed by atoms with E-state index in [1.54, 1.807) is 6.08 Å². The van der Waals surface area contributed by atoms with Gasteiger partial charge in [-0.15, -0.1) is 0 Å². The molecular formula is C21H23F3O2. The fourth-order valence-electron chi connectivity index (χ4n) is 3.14. The number of carbonyl (C=O) groups is 1. The molecule has 0 spiro atoms. The van der Waals surface area contributed by atoms with Gasteiger partial charge in [0.15, 0.2) is 5.78 Å². The molecule has 1 aliphatic carbocycles. The molecule has 0 fully saturated rings. The van der Waals surface area contributed by atoms with Crippen molar-refractivity contribution in [2.24, 2.45) is 5.41 Å². The fraction of sp³-hybridized carbons (Fsp3) is 0.381. The third kappa shape index (κ3) is 4.94. The monoisotopic (exact) mass is 364 g/mol. The molecule has 0 saturated carbocycles. The number of carbonyl (C=O) groups excluding carboxylic acids is 1. The molecule has 0 bridgehead atoms. The summed E-state index contributed by atoms with van der Waals surface area (Å²) in [6.45, 7) is 5.98. The van der Waals surface area contributed by atoms with Crippen LogP contribution in [0, 0.1) is 5.41 Å². The van der Waals surface area contributed by atoms with Crippen LogP contribution in [0.4, 0.5) is 13.2 Å². The van der Waals surface area contributed by atoms with Crippen LogP contribution in [0.5, 0.6) is 0 Å². The largest absolute Gasteiger partial charge is 0.416 e. The molecule has 0 radical (unpaired) electrons. The highest BCUT2D eigenvalue weighted by atomic mass is 19.4. The molecular weight excluding hydrogens is 341 g/mol. The molecule has 0 saturated heterocycles. The first-order chi connectivity index (χ1) is 12.0. The van der Waals surface area contributed by atoms with Gasteiger partial charge in [0.2, 0.25) is 0 Å². The number of allylic oxidation sites excluding steroid dienone is 4. The van der Waals surface area contributed by atoms with E-state index < -0.39 is 17.8 Å². The average molecular weight is 364 g/mol. The number of alkyl halides is 3. The number of aliphatic hydroxyl groups is 1. The summed E-state index contributed by atoms with van der Waals surface area (Å²) in [6, 6.07) is 4.81. The lowest BCUT2D eigenvalue weighted by atomic mass is 9.71. The van der Waals surface area contributed by atoms with E-state index in [9.17, 15) is 23.1 Å². The molecule has 0 aromatic heterocycles. The summed E-state index contributed by atoms with van der Waals surface area (Å²) in [7, 11) is 0. The minimum absolute atomic E-state index is 0.134. The molecule has 0 amide bonds. The number of rotatable bonds is 4. The first kappa shape index (κ1) is 20.2. The van der Waals surface area contributed by atoms with Crippen LogP contribution in [0.1, 0.15) is 44.7 Å². The van der Waals surface area contributed by atoms with Gasteiger partial charge in [0.25, 0.3) is 0 Å². The van der Waals surface area contributed by atoms with Gasteiger partial charge in [0.05, 0.1) is 11.7 Å². The molecule has 0 heterocycles. The summed E-state index contributed by atoms with van der Waals surface area (Å²) in [6.07, 6.45) is 2.31. The Balaban J connectivity index is 2.15. The zero-order valence-electron chi connectivity index (χ0n) is 15.1. The Labute approximate surface area is 151 Å². The van der Waals surface area contributed by atoms with Crippen LogP contribution < -0.4 is 0 Å². The van der Waals surface area contributed by atoms with Gasteiger partial charge >= 0.3 is 6.18 Å². The number of halogens is 3. The maximum atomic E-state index is 12.7. The molecule has 1 aromatic rings. The Kier molecular flexibility index (Phi) is 5.91. The van der Waals surface area contributed by atoms with Crippen molar-refractivity contribution in [3.05, 3.63) is 64.8 Å². The number of hydrogen-bond acceptors (Lipinski definition) is 2. The van der Waals surface area contributed by atoms with Crippen molar-refractivity contribution >= 4 is 11.9 Å². The van der Waals surface area contributed by atoms with E-state index in [4.69, 9.17) is 0 Å². The van der Waals surface area contributed by atoms with Crippen molar-refractivity contribution in [1.29, 1.82) is 0 Å². The SMILES string of the molecule is CC1=C(C=CC(=O)C=Cc2cccc(C(F)(F)F)c2)C(C)(C)CCC1O. The molecule has 1 aliphatic rings. The number of benzene rings is 1. The molecule has 1 atom stereocenters. The summed E-state index contributed by atoms with van der Waals surface area (Å²) in [5, 5.41) is 10.0. The van der Waals surface area contributed by atoms with Crippen LogP contribution >= 0.6 is 0 Å². The van der Waals surface area contributed by atoms with E-state index >= 15 is 0 Å². The lowest BCUT2D eigenvalue weighted by molar-refractivity contribution is -0.137. The zero-order chi connectivity index (χ0) is 19.5. The highest BCUT2D eigenvalue weighted by Crippen LogP contribution is 2.40. The highest BCUT2D eigenvalue weighted by Gasteiger charge is 2.31. The molecule has 5 heteroatoms. The molecule has 2 nitrogen and oxygen atoms in total. The normalized spacial score (nSPS) is 21.0. The highest BCUT2D eigenvalue weighted by molar-refractivity contribution is 6.02. The summed E-state index contributed by atoms with van der Waals surface area (Å²) in [4.78, 5) is 12.1. The summed E-state index contributed by atoms with van der Waals surface area (Å²) >= 11 is 0. The number of aliphatic hydroxyl groups excluding tert-OH is 1. The molecule has 1 unspecified atom stereocenters. The summed E-state index contributed by atoms with van der Waals surface area (Å²) < 4.78 is 38.1. The van der Waals surface area contributed by atoms with Crippen molar-refractivity contribution in [2.75, 3.05) is 0 Å². The third-order valence-corrected chi connectivity index (χ3v) is 4.76. The molecule has 1 aromatic carbocycles. The van der Waals surface area contributed by atoms with Gasteiger partial charge in [-0.05, 0) is 66.2 Å². The Bertz CT molecular complexity index is 768. The van der Waals surface area contributed by atoms with Crippen LogP contribution in [0.3, 0.4) is 0 Å². The second kappa shape index (κ2) is 7.62. The fourth-order valence-corrected chi connectivity index (χ4v) is 3.14. The van der Waals surface area contributed by atoms with Crippen LogP contribution in [0.15, 0.2) is 53.6 Å². The Morgan fingerprint density at radius 1 is 1.23 bits per heavy atom. The van der Waals surface area contributed by atoms with Gasteiger partial charge in [-0.3, -0.25) is 4.79 Å². The maximum absolute atomic E-state index is 12.7.